The zero-order chi connectivity index (χ0) is 10.1. The van der Waals surface area contributed by atoms with E-state index in [0.29, 0.717) is 0 Å². The molecule has 0 atom stereocenters. The SMILES string of the molecule is Clc1ccccc1.OCC(O)CO. The lowest BCUT2D eigenvalue weighted by Crippen LogP contribution is -2.15. The molecule has 1 rings (SSSR count). The van der Waals surface area contributed by atoms with Crippen LogP contribution in [0.2, 0.25) is 5.02 Å². The van der Waals surface area contributed by atoms with Crippen LogP contribution in [0, 0.1) is 0 Å². The molecule has 0 aliphatic rings. The normalized spacial score (nSPS) is 9.31. The van der Waals surface area contributed by atoms with Gasteiger partial charge in [-0.05, 0) is 12.1 Å². The number of aliphatic hydroxyl groups excluding tert-OH is 3. The Labute approximate surface area is 82.2 Å². The molecule has 0 bridgehead atoms. The predicted molar refractivity (Wildman–Crippen MR) is 51.6 cm³/mol. The average molecular weight is 205 g/mol. The Morgan fingerprint density at radius 3 is 1.69 bits per heavy atom. The molecule has 3 N–H and O–H groups in total. The highest BCUT2D eigenvalue weighted by Gasteiger charge is 1.93. The molecule has 0 spiro atoms. The number of rotatable bonds is 2. The molecule has 3 nitrogen and oxygen atoms in total. The Bertz CT molecular complexity index is 199. The molecule has 0 saturated heterocycles. The van der Waals surface area contributed by atoms with E-state index in [1.54, 1.807) is 0 Å². The Balaban J connectivity index is 0.000000226. The quantitative estimate of drug-likeness (QED) is 0.664. The highest BCUT2D eigenvalue weighted by atomic mass is 35.5. The molecule has 0 aliphatic carbocycles. The summed E-state index contributed by atoms with van der Waals surface area (Å²) in [6, 6.07) is 9.44. The van der Waals surface area contributed by atoms with Gasteiger partial charge in [0.05, 0.1) is 13.2 Å². The van der Waals surface area contributed by atoms with E-state index in [1.807, 2.05) is 30.3 Å². The maximum atomic E-state index is 8.17. The molecule has 0 aliphatic heterocycles. The summed E-state index contributed by atoms with van der Waals surface area (Å²) in [6.07, 6.45) is -0.954. The first-order valence-electron chi connectivity index (χ1n) is 3.81. The van der Waals surface area contributed by atoms with Gasteiger partial charge in [-0.25, -0.2) is 0 Å². The predicted octanol–water partition coefficient (Wildman–Crippen LogP) is 0.672. The van der Waals surface area contributed by atoms with Gasteiger partial charge in [0.15, 0.2) is 0 Å². The Hall–Kier alpha value is -0.610. The maximum Gasteiger partial charge on any atom is 0.100 e. The van der Waals surface area contributed by atoms with E-state index in [9.17, 15) is 0 Å². The van der Waals surface area contributed by atoms with Crippen molar-refractivity contribution < 1.29 is 15.3 Å². The molecule has 0 fully saturated rings. The number of aliphatic hydroxyl groups is 3. The molecule has 4 heteroatoms. The maximum absolute atomic E-state index is 8.17. The first kappa shape index (κ1) is 12.4. The highest BCUT2D eigenvalue weighted by molar-refractivity contribution is 6.30. The largest absolute Gasteiger partial charge is 0.394 e. The lowest BCUT2D eigenvalue weighted by Gasteiger charge is -1.96. The van der Waals surface area contributed by atoms with Gasteiger partial charge in [-0.1, -0.05) is 29.8 Å². The third kappa shape index (κ3) is 7.74. The topological polar surface area (TPSA) is 60.7 Å². The van der Waals surface area contributed by atoms with Crippen LogP contribution in [0.15, 0.2) is 30.3 Å². The third-order valence-electron chi connectivity index (χ3n) is 1.15. The van der Waals surface area contributed by atoms with Crippen molar-refractivity contribution in [3.63, 3.8) is 0 Å². The summed E-state index contributed by atoms with van der Waals surface area (Å²) < 4.78 is 0. The van der Waals surface area contributed by atoms with Gasteiger partial charge in [-0.15, -0.1) is 0 Å². The molecular formula is C9H13ClO3. The molecule has 0 saturated carbocycles. The number of halogens is 1. The van der Waals surface area contributed by atoms with Crippen molar-refractivity contribution in [2.75, 3.05) is 13.2 Å². The van der Waals surface area contributed by atoms with Crippen LogP contribution in [0.5, 0.6) is 0 Å². The smallest absolute Gasteiger partial charge is 0.100 e. The molecule has 0 heterocycles. The second-order valence-electron chi connectivity index (χ2n) is 2.31. The molecule has 13 heavy (non-hydrogen) atoms. The van der Waals surface area contributed by atoms with Crippen LogP contribution in [0.25, 0.3) is 0 Å². The Morgan fingerprint density at radius 2 is 1.54 bits per heavy atom. The fraction of sp³-hybridized carbons (Fsp3) is 0.333. The van der Waals surface area contributed by atoms with Crippen molar-refractivity contribution in [1.82, 2.24) is 0 Å². The van der Waals surface area contributed by atoms with Gasteiger partial charge < -0.3 is 15.3 Å². The van der Waals surface area contributed by atoms with Crippen molar-refractivity contribution in [3.05, 3.63) is 35.4 Å². The first-order valence-corrected chi connectivity index (χ1v) is 4.18. The molecule has 74 valence electrons. The standard InChI is InChI=1S/C6H5Cl.C3H8O3/c7-6-4-2-1-3-5-6;4-1-3(6)2-5/h1-5H;3-6H,1-2H2. The van der Waals surface area contributed by atoms with Gasteiger partial charge in [-0.2, -0.15) is 0 Å². The minimum atomic E-state index is -0.954. The molecular weight excluding hydrogens is 192 g/mol. The summed E-state index contributed by atoms with van der Waals surface area (Å²) in [4.78, 5) is 0. The van der Waals surface area contributed by atoms with E-state index < -0.39 is 6.10 Å². The molecule has 1 aromatic rings. The van der Waals surface area contributed by atoms with Crippen LogP contribution in [0.4, 0.5) is 0 Å². The second-order valence-corrected chi connectivity index (χ2v) is 2.75. The van der Waals surface area contributed by atoms with Gasteiger partial charge in [-0.3, -0.25) is 0 Å². The molecule has 0 unspecified atom stereocenters. The van der Waals surface area contributed by atoms with Crippen LogP contribution >= 0.6 is 11.6 Å². The monoisotopic (exact) mass is 204 g/mol. The summed E-state index contributed by atoms with van der Waals surface area (Å²) in [5.41, 5.74) is 0. The van der Waals surface area contributed by atoms with Gasteiger partial charge in [0.25, 0.3) is 0 Å². The molecule has 0 amide bonds. The first-order chi connectivity index (χ1) is 6.20. The van der Waals surface area contributed by atoms with Crippen molar-refractivity contribution in [3.8, 4) is 0 Å². The van der Waals surface area contributed by atoms with Crippen molar-refractivity contribution >= 4 is 11.6 Å². The lowest BCUT2D eigenvalue weighted by atomic mass is 10.4. The second kappa shape index (κ2) is 8.01. The Morgan fingerprint density at radius 1 is 1.08 bits per heavy atom. The van der Waals surface area contributed by atoms with Gasteiger partial charge in [0.2, 0.25) is 0 Å². The van der Waals surface area contributed by atoms with E-state index in [2.05, 4.69) is 0 Å². The van der Waals surface area contributed by atoms with Gasteiger partial charge >= 0.3 is 0 Å². The van der Waals surface area contributed by atoms with Crippen molar-refractivity contribution in [1.29, 1.82) is 0 Å². The number of hydrogen-bond acceptors (Lipinski definition) is 3. The molecule has 1 aromatic carbocycles. The zero-order valence-corrected chi connectivity index (χ0v) is 7.85. The van der Waals surface area contributed by atoms with Gasteiger partial charge in [0.1, 0.15) is 6.10 Å². The van der Waals surface area contributed by atoms with Crippen LogP contribution < -0.4 is 0 Å². The van der Waals surface area contributed by atoms with Crippen LogP contribution in [-0.4, -0.2) is 34.6 Å². The minimum Gasteiger partial charge on any atom is -0.394 e. The lowest BCUT2D eigenvalue weighted by molar-refractivity contribution is 0.0450. The third-order valence-corrected chi connectivity index (χ3v) is 1.41. The fourth-order valence-corrected chi connectivity index (χ4v) is 0.618. The molecule has 0 radical (unpaired) electrons. The number of benzene rings is 1. The van der Waals surface area contributed by atoms with E-state index in [-0.39, 0.29) is 13.2 Å². The van der Waals surface area contributed by atoms with Crippen LogP contribution in [0.3, 0.4) is 0 Å². The van der Waals surface area contributed by atoms with E-state index in [4.69, 9.17) is 26.9 Å². The van der Waals surface area contributed by atoms with Gasteiger partial charge in [0, 0.05) is 5.02 Å². The van der Waals surface area contributed by atoms with Crippen molar-refractivity contribution in [2.24, 2.45) is 0 Å². The summed E-state index contributed by atoms with van der Waals surface area (Å²) in [7, 11) is 0. The van der Waals surface area contributed by atoms with Crippen molar-refractivity contribution in [2.45, 2.75) is 6.10 Å². The number of hydrogen-bond donors (Lipinski definition) is 3. The average Bonchev–Trinajstić information content (AvgIpc) is 2.19. The van der Waals surface area contributed by atoms with Crippen LogP contribution in [0.1, 0.15) is 0 Å². The van der Waals surface area contributed by atoms with E-state index >= 15 is 0 Å². The summed E-state index contributed by atoms with van der Waals surface area (Å²) >= 11 is 5.54. The van der Waals surface area contributed by atoms with Crippen LogP contribution in [-0.2, 0) is 0 Å². The highest BCUT2D eigenvalue weighted by Crippen LogP contribution is 2.03. The fourth-order valence-electron chi connectivity index (χ4n) is 0.472. The Kier molecular flexibility index (Phi) is 7.63. The molecule has 0 aromatic heterocycles. The summed E-state index contributed by atoms with van der Waals surface area (Å²) in [6.45, 7) is -0.729. The zero-order valence-electron chi connectivity index (χ0n) is 7.10. The minimum absolute atomic E-state index is 0.365. The summed E-state index contributed by atoms with van der Waals surface area (Å²) in [5, 5.41) is 24.8. The van der Waals surface area contributed by atoms with E-state index in [1.165, 1.54) is 0 Å². The summed E-state index contributed by atoms with van der Waals surface area (Å²) in [5.74, 6) is 0. The van der Waals surface area contributed by atoms with E-state index in [0.717, 1.165) is 5.02 Å².